The third-order valence-electron chi connectivity index (χ3n) is 8.17. The predicted molar refractivity (Wildman–Crippen MR) is 132 cm³/mol. The van der Waals surface area contributed by atoms with E-state index in [1.165, 1.54) is 6.92 Å². The molecule has 4 aliphatic heterocycles. The van der Waals surface area contributed by atoms with Crippen LogP contribution in [0.2, 0.25) is 0 Å². The van der Waals surface area contributed by atoms with Crippen molar-refractivity contribution in [1.29, 1.82) is 0 Å². The van der Waals surface area contributed by atoms with Gasteiger partial charge in [-0.15, -0.1) is 0 Å². The van der Waals surface area contributed by atoms with E-state index in [9.17, 15) is 66.4 Å². The molecule has 4 fully saturated rings. The fourth-order valence-electron chi connectivity index (χ4n) is 5.47. The summed E-state index contributed by atoms with van der Waals surface area (Å²) >= 11 is 0. The first kappa shape index (κ1) is 36.0. The molecule has 4 saturated heterocycles. The first-order valence-corrected chi connectivity index (χ1v) is 14.0. The van der Waals surface area contributed by atoms with Crippen LogP contribution in [0.25, 0.3) is 0 Å². The predicted octanol–water partition coefficient (Wildman–Crippen LogP) is -8.72. The van der Waals surface area contributed by atoms with Crippen LogP contribution in [0.15, 0.2) is 0 Å². The van der Waals surface area contributed by atoms with E-state index in [-0.39, 0.29) is 0 Å². The van der Waals surface area contributed by atoms with Gasteiger partial charge in [0, 0.05) is 0 Å². The first-order valence-electron chi connectivity index (χ1n) is 14.0. The van der Waals surface area contributed by atoms with Gasteiger partial charge in [0.05, 0.1) is 25.9 Å². The van der Waals surface area contributed by atoms with Gasteiger partial charge in [-0.3, -0.25) is 0 Å². The second-order valence-corrected chi connectivity index (χ2v) is 11.1. The molecule has 0 aromatic carbocycles. The maximum atomic E-state index is 11.1. The summed E-state index contributed by atoms with van der Waals surface area (Å²) in [5.41, 5.74) is 0. The lowest BCUT2D eigenvalue weighted by atomic mass is 9.96. The minimum atomic E-state index is -2.02. The largest absolute Gasteiger partial charge is 0.394 e. The molecular formula is C24H42O20. The highest BCUT2D eigenvalue weighted by molar-refractivity contribution is 4.97. The molecule has 0 aromatic heterocycles. The van der Waals surface area contributed by atoms with Crippen molar-refractivity contribution in [3.05, 3.63) is 0 Å². The molecule has 20 heteroatoms. The van der Waals surface area contributed by atoms with E-state index in [1.807, 2.05) is 0 Å². The molecular weight excluding hydrogens is 608 g/mol. The first-order chi connectivity index (χ1) is 20.7. The Labute approximate surface area is 249 Å². The van der Waals surface area contributed by atoms with Gasteiger partial charge in [0.2, 0.25) is 0 Å². The normalized spacial score (nSPS) is 53.9. The van der Waals surface area contributed by atoms with Gasteiger partial charge in [-0.2, -0.15) is 0 Å². The molecule has 13 N–H and O–H groups in total. The molecule has 0 bridgehead atoms. The van der Waals surface area contributed by atoms with Crippen molar-refractivity contribution < 1.29 is 99.5 Å². The summed E-state index contributed by atoms with van der Waals surface area (Å²) in [6.07, 6.45) is -34.3. The van der Waals surface area contributed by atoms with Crippen LogP contribution in [0.4, 0.5) is 0 Å². The highest BCUT2D eigenvalue weighted by Gasteiger charge is 2.55. The fraction of sp³-hybridized carbons (Fsp3) is 1.00. The number of aliphatic hydroxyl groups excluding tert-OH is 13. The number of aliphatic hydroxyl groups is 13. The Kier molecular flexibility index (Phi) is 12.3. The maximum absolute atomic E-state index is 11.1. The molecule has 0 saturated carbocycles. The van der Waals surface area contributed by atoms with Crippen LogP contribution in [-0.4, -0.2) is 209 Å². The second kappa shape index (κ2) is 15.0. The Balaban J connectivity index is 1.51. The SMILES string of the molecule is C[C@@H]1O[C@@H](O[C@H]2[C@H](O)[C@@H](O[C@@H]3O[C@H](CO)[C@@H](O)[C@H](O[C@@H]4O[C@H](CO)[C@@H](O)[C@H](O)[C@H]4O)[C@H]3O)C(O)O[C@@H]2CO)[C@H](O)[C@H](O)[C@H]1O. The van der Waals surface area contributed by atoms with Gasteiger partial charge < -0.3 is 99.5 Å². The lowest BCUT2D eigenvalue weighted by Gasteiger charge is -2.48. The van der Waals surface area contributed by atoms with Crippen molar-refractivity contribution in [2.45, 2.75) is 130 Å². The lowest BCUT2D eigenvalue weighted by Crippen LogP contribution is -2.67. The summed E-state index contributed by atoms with van der Waals surface area (Å²) in [6.45, 7) is -1.13. The Bertz CT molecular complexity index is 900. The van der Waals surface area contributed by atoms with Crippen molar-refractivity contribution >= 4 is 0 Å². The summed E-state index contributed by atoms with van der Waals surface area (Å²) in [6, 6.07) is 0. The van der Waals surface area contributed by atoms with Crippen LogP contribution in [0, 0.1) is 0 Å². The van der Waals surface area contributed by atoms with Gasteiger partial charge in [-0.1, -0.05) is 0 Å². The number of hydrogen-bond acceptors (Lipinski definition) is 20. The van der Waals surface area contributed by atoms with E-state index in [2.05, 4.69) is 0 Å². The average Bonchev–Trinajstić information content (AvgIpc) is 3.00. The second-order valence-electron chi connectivity index (χ2n) is 11.1. The molecule has 0 aromatic rings. The molecule has 20 atom stereocenters. The van der Waals surface area contributed by atoms with E-state index in [1.54, 1.807) is 0 Å². The van der Waals surface area contributed by atoms with Crippen LogP contribution in [-0.2, 0) is 33.2 Å². The zero-order valence-corrected chi connectivity index (χ0v) is 23.3. The van der Waals surface area contributed by atoms with Gasteiger partial charge in [0.25, 0.3) is 0 Å². The van der Waals surface area contributed by atoms with E-state index < -0.39 is 143 Å². The molecule has 0 aliphatic carbocycles. The molecule has 0 spiro atoms. The zero-order chi connectivity index (χ0) is 32.6. The Morgan fingerprint density at radius 1 is 0.409 bits per heavy atom. The fourth-order valence-corrected chi connectivity index (χ4v) is 5.47. The monoisotopic (exact) mass is 650 g/mol. The molecule has 0 radical (unpaired) electrons. The molecule has 0 amide bonds. The number of hydrogen-bond donors (Lipinski definition) is 13. The molecule has 44 heavy (non-hydrogen) atoms. The van der Waals surface area contributed by atoms with E-state index >= 15 is 0 Å². The molecule has 4 rings (SSSR count). The Morgan fingerprint density at radius 3 is 1.43 bits per heavy atom. The minimum Gasteiger partial charge on any atom is -0.394 e. The summed E-state index contributed by atoms with van der Waals surface area (Å²) in [5, 5.41) is 133. The Morgan fingerprint density at radius 2 is 0.864 bits per heavy atom. The maximum Gasteiger partial charge on any atom is 0.187 e. The van der Waals surface area contributed by atoms with E-state index in [4.69, 9.17) is 33.2 Å². The van der Waals surface area contributed by atoms with E-state index in [0.717, 1.165) is 0 Å². The molecule has 4 heterocycles. The summed E-state index contributed by atoms with van der Waals surface area (Å²) in [7, 11) is 0. The number of ether oxygens (including phenoxy) is 7. The van der Waals surface area contributed by atoms with Crippen molar-refractivity contribution in [3.63, 3.8) is 0 Å². The van der Waals surface area contributed by atoms with Gasteiger partial charge in [-0.25, -0.2) is 0 Å². The average molecular weight is 651 g/mol. The zero-order valence-electron chi connectivity index (χ0n) is 23.3. The van der Waals surface area contributed by atoms with Crippen molar-refractivity contribution in [2.75, 3.05) is 19.8 Å². The highest BCUT2D eigenvalue weighted by atomic mass is 16.8. The topological polar surface area (TPSA) is 328 Å². The Hall–Kier alpha value is -0.800. The van der Waals surface area contributed by atoms with Crippen LogP contribution in [0.1, 0.15) is 6.92 Å². The van der Waals surface area contributed by atoms with Crippen LogP contribution in [0.3, 0.4) is 0 Å². The molecule has 4 aliphatic rings. The van der Waals surface area contributed by atoms with Crippen LogP contribution >= 0.6 is 0 Å². The van der Waals surface area contributed by atoms with Crippen molar-refractivity contribution in [3.8, 4) is 0 Å². The molecule has 20 nitrogen and oxygen atoms in total. The highest BCUT2D eigenvalue weighted by Crippen LogP contribution is 2.34. The standard InChI is InChI=1S/C24H42O20/c1-5-9(28)12(31)14(33)22(38-5)42-18-8(4-27)39-21(37)20(16(18)35)44-24-17(36)19(11(30)7(3-26)41-24)43-23-15(34)13(32)10(29)6(2-25)40-23/h5-37H,2-4H2,1H3/t5-,6+,7+,8+,9-,10+,11+,12+,13-,14+,15+,16-,17+,18+,19-,20+,21?,22-,23-,24-/m0/s1. The third kappa shape index (κ3) is 7.05. The molecule has 1 unspecified atom stereocenters. The van der Waals surface area contributed by atoms with E-state index in [0.29, 0.717) is 0 Å². The summed E-state index contributed by atoms with van der Waals surface area (Å²) < 4.78 is 38.0. The lowest BCUT2D eigenvalue weighted by molar-refractivity contribution is -0.392. The quantitative estimate of drug-likeness (QED) is 0.110. The summed E-state index contributed by atoms with van der Waals surface area (Å²) in [5.74, 6) is 0. The summed E-state index contributed by atoms with van der Waals surface area (Å²) in [4.78, 5) is 0. The molecule has 258 valence electrons. The van der Waals surface area contributed by atoms with Gasteiger partial charge >= 0.3 is 0 Å². The number of rotatable bonds is 9. The van der Waals surface area contributed by atoms with Crippen molar-refractivity contribution in [2.24, 2.45) is 0 Å². The minimum absolute atomic E-state index is 0.800. The third-order valence-corrected chi connectivity index (χ3v) is 8.17. The van der Waals surface area contributed by atoms with Gasteiger partial charge in [-0.05, 0) is 6.92 Å². The van der Waals surface area contributed by atoms with Crippen molar-refractivity contribution in [1.82, 2.24) is 0 Å². The van der Waals surface area contributed by atoms with Crippen LogP contribution < -0.4 is 0 Å². The van der Waals surface area contributed by atoms with Gasteiger partial charge in [0.15, 0.2) is 25.2 Å². The van der Waals surface area contributed by atoms with Crippen LogP contribution in [0.5, 0.6) is 0 Å². The smallest absolute Gasteiger partial charge is 0.187 e. The van der Waals surface area contributed by atoms with Gasteiger partial charge in [0.1, 0.15) is 91.6 Å².